The van der Waals surface area contributed by atoms with Crippen LogP contribution in [-0.4, -0.2) is 22.7 Å². The van der Waals surface area contributed by atoms with Gasteiger partial charge in [0, 0.05) is 5.25 Å². The van der Waals surface area contributed by atoms with Crippen molar-refractivity contribution >= 4 is 17.9 Å². The van der Waals surface area contributed by atoms with E-state index in [-0.39, 0.29) is 6.10 Å². The van der Waals surface area contributed by atoms with Crippen LogP contribution in [-0.2, 0) is 4.74 Å². The minimum Gasteiger partial charge on any atom is -0.446 e. The first kappa shape index (κ1) is 11.7. The van der Waals surface area contributed by atoms with Gasteiger partial charge >= 0.3 is 6.09 Å². The van der Waals surface area contributed by atoms with Crippen molar-refractivity contribution in [3.8, 4) is 0 Å². The predicted molar refractivity (Wildman–Crippen MR) is 59.4 cm³/mol. The maximum Gasteiger partial charge on any atom is 0.404 e. The number of primary amides is 1. The van der Waals surface area contributed by atoms with E-state index in [2.05, 4.69) is 13.8 Å². The number of carbonyl (C=O) groups excluding carboxylic acids is 1. The Kier molecular flexibility index (Phi) is 4.58. The number of hydrogen-bond acceptors (Lipinski definition) is 3. The molecule has 1 amide bonds. The molecule has 0 unspecified atom stereocenters. The number of carbonyl (C=O) groups is 1. The van der Waals surface area contributed by atoms with Gasteiger partial charge in [0.25, 0.3) is 0 Å². The molecule has 14 heavy (non-hydrogen) atoms. The van der Waals surface area contributed by atoms with Crippen LogP contribution >= 0.6 is 11.8 Å². The first-order valence-corrected chi connectivity index (χ1v) is 6.13. The third-order valence-corrected chi connectivity index (χ3v) is 3.77. The molecule has 1 aliphatic carbocycles. The normalized spacial score (nSPS) is 27.6. The van der Waals surface area contributed by atoms with Crippen molar-refractivity contribution in [1.29, 1.82) is 0 Å². The molecule has 0 radical (unpaired) electrons. The Morgan fingerprint density at radius 3 is 2.36 bits per heavy atom. The summed E-state index contributed by atoms with van der Waals surface area (Å²) >= 11 is 2.02. The molecule has 1 rings (SSSR count). The summed E-state index contributed by atoms with van der Waals surface area (Å²) in [5, 5.41) is 1.43. The molecule has 0 aromatic carbocycles. The molecule has 0 heterocycles. The van der Waals surface area contributed by atoms with E-state index in [0.29, 0.717) is 5.25 Å². The zero-order chi connectivity index (χ0) is 10.6. The van der Waals surface area contributed by atoms with Gasteiger partial charge in [-0.15, -0.1) is 0 Å². The molecule has 0 saturated heterocycles. The molecule has 82 valence electrons. The van der Waals surface area contributed by atoms with Crippen LogP contribution in [0.4, 0.5) is 4.79 Å². The number of rotatable bonds is 3. The third-order valence-electron chi connectivity index (χ3n) is 2.37. The van der Waals surface area contributed by atoms with Gasteiger partial charge in [0.05, 0.1) is 0 Å². The average Bonchev–Trinajstić information content (AvgIpc) is 2.06. The molecule has 1 fully saturated rings. The van der Waals surface area contributed by atoms with Crippen molar-refractivity contribution in [2.75, 3.05) is 0 Å². The second-order valence-corrected chi connectivity index (χ2v) is 5.90. The Morgan fingerprint density at radius 2 is 1.93 bits per heavy atom. The van der Waals surface area contributed by atoms with Gasteiger partial charge in [-0.25, -0.2) is 4.79 Å². The average molecular weight is 217 g/mol. The van der Waals surface area contributed by atoms with E-state index in [4.69, 9.17) is 10.5 Å². The molecule has 1 aliphatic rings. The highest BCUT2D eigenvalue weighted by atomic mass is 32.2. The van der Waals surface area contributed by atoms with E-state index in [1.807, 2.05) is 11.8 Å². The molecule has 4 heteroatoms. The van der Waals surface area contributed by atoms with Crippen LogP contribution < -0.4 is 5.73 Å². The standard InChI is InChI=1S/C10H19NO2S/c1-7(2)14-9-5-3-8(4-6-9)13-10(11)12/h7-9H,3-6H2,1-2H3,(H2,11,12). The quantitative estimate of drug-likeness (QED) is 0.790. The highest BCUT2D eigenvalue weighted by Crippen LogP contribution is 2.32. The first-order chi connectivity index (χ1) is 6.58. The number of ether oxygens (including phenoxy) is 1. The number of nitrogens with two attached hydrogens (primary N) is 1. The lowest BCUT2D eigenvalue weighted by Crippen LogP contribution is -2.28. The lowest BCUT2D eigenvalue weighted by atomic mass is 9.97. The smallest absolute Gasteiger partial charge is 0.404 e. The van der Waals surface area contributed by atoms with Gasteiger partial charge in [-0.3, -0.25) is 0 Å². The number of amides is 1. The molecule has 3 nitrogen and oxygen atoms in total. The van der Waals surface area contributed by atoms with Gasteiger partial charge in [0.1, 0.15) is 6.10 Å². The molecular formula is C10H19NO2S. The highest BCUT2D eigenvalue weighted by Gasteiger charge is 2.23. The van der Waals surface area contributed by atoms with E-state index in [0.717, 1.165) is 30.9 Å². The minimum absolute atomic E-state index is 0.0662. The Hall–Kier alpha value is -0.380. The van der Waals surface area contributed by atoms with E-state index in [9.17, 15) is 4.79 Å². The molecule has 0 aliphatic heterocycles. The van der Waals surface area contributed by atoms with Crippen LogP contribution in [0.15, 0.2) is 0 Å². The van der Waals surface area contributed by atoms with E-state index in [1.165, 1.54) is 0 Å². The van der Waals surface area contributed by atoms with Crippen LogP contribution in [0.5, 0.6) is 0 Å². The fraction of sp³-hybridized carbons (Fsp3) is 0.900. The SMILES string of the molecule is CC(C)SC1CCC(OC(N)=O)CC1. The van der Waals surface area contributed by atoms with Crippen molar-refractivity contribution < 1.29 is 9.53 Å². The second kappa shape index (κ2) is 5.49. The molecule has 2 N–H and O–H groups in total. The monoisotopic (exact) mass is 217 g/mol. The minimum atomic E-state index is -0.634. The van der Waals surface area contributed by atoms with Crippen molar-refractivity contribution in [3.63, 3.8) is 0 Å². The van der Waals surface area contributed by atoms with Crippen molar-refractivity contribution in [3.05, 3.63) is 0 Å². The van der Waals surface area contributed by atoms with Gasteiger partial charge in [-0.1, -0.05) is 13.8 Å². The van der Waals surface area contributed by atoms with Crippen LogP contribution in [0.2, 0.25) is 0 Å². The topological polar surface area (TPSA) is 52.3 Å². The fourth-order valence-corrected chi connectivity index (χ4v) is 3.15. The number of thioether (sulfide) groups is 1. The van der Waals surface area contributed by atoms with Crippen molar-refractivity contribution in [1.82, 2.24) is 0 Å². The van der Waals surface area contributed by atoms with Crippen LogP contribution in [0, 0.1) is 0 Å². The maximum atomic E-state index is 10.5. The van der Waals surface area contributed by atoms with Crippen molar-refractivity contribution in [2.45, 2.75) is 56.1 Å². The highest BCUT2D eigenvalue weighted by molar-refractivity contribution is 8.00. The van der Waals surface area contributed by atoms with Crippen LogP contribution in [0.1, 0.15) is 39.5 Å². The maximum absolute atomic E-state index is 10.5. The third kappa shape index (κ3) is 4.22. The van der Waals surface area contributed by atoms with Gasteiger partial charge < -0.3 is 10.5 Å². The molecule has 0 atom stereocenters. The molecular weight excluding hydrogens is 198 g/mol. The fourth-order valence-electron chi connectivity index (χ4n) is 1.84. The molecule has 0 bridgehead atoms. The van der Waals surface area contributed by atoms with Gasteiger partial charge in [0.15, 0.2) is 0 Å². The van der Waals surface area contributed by atoms with E-state index in [1.54, 1.807) is 0 Å². The lowest BCUT2D eigenvalue weighted by molar-refractivity contribution is 0.0839. The molecule has 1 saturated carbocycles. The summed E-state index contributed by atoms with van der Waals surface area (Å²) in [6.45, 7) is 4.44. The molecule has 0 aromatic heterocycles. The molecule has 0 spiro atoms. The second-order valence-electron chi connectivity index (χ2n) is 4.02. The summed E-state index contributed by atoms with van der Waals surface area (Å²) in [7, 11) is 0. The Morgan fingerprint density at radius 1 is 1.36 bits per heavy atom. The van der Waals surface area contributed by atoms with Gasteiger partial charge in [-0.05, 0) is 30.9 Å². The van der Waals surface area contributed by atoms with Crippen LogP contribution in [0.25, 0.3) is 0 Å². The largest absolute Gasteiger partial charge is 0.446 e. The lowest BCUT2D eigenvalue weighted by Gasteiger charge is -2.28. The zero-order valence-corrected chi connectivity index (χ0v) is 9.68. The Bertz CT molecular complexity index is 189. The van der Waals surface area contributed by atoms with Crippen molar-refractivity contribution in [2.24, 2.45) is 5.73 Å². The summed E-state index contributed by atoms with van der Waals surface area (Å²) in [5.41, 5.74) is 4.97. The molecule has 0 aromatic rings. The predicted octanol–water partition coefficient (Wildman–Crippen LogP) is 2.53. The summed E-state index contributed by atoms with van der Waals surface area (Å²) in [6.07, 6.45) is 3.64. The Balaban J connectivity index is 2.21. The van der Waals surface area contributed by atoms with Crippen LogP contribution in [0.3, 0.4) is 0 Å². The summed E-state index contributed by atoms with van der Waals surface area (Å²) in [4.78, 5) is 10.5. The summed E-state index contributed by atoms with van der Waals surface area (Å²) in [6, 6.07) is 0. The first-order valence-electron chi connectivity index (χ1n) is 5.19. The number of hydrogen-bond donors (Lipinski definition) is 1. The zero-order valence-electron chi connectivity index (χ0n) is 8.86. The Labute approximate surface area is 89.8 Å². The van der Waals surface area contributed by atoms with Gasteiger partial charge in [-0.2, -0.15) is 11.8 Å². The van der Waals surface area contributed by atoms with E-state index >= 15 is 0 Å². The van der Waals surface area contributed by atoms with E-state index < -0.39 is 6.09 Å². The summed E-state index contributed by atoms with van der Waals surface area (Å²) in [5.74, 6) is 0. The van der Waals surface area contributed by atoms with Gasteiger partial charge in [0.2, 0.25) is 0 Å². The summed E-state index contributed by atoms with van der Waals surface area (Å²) < 4.78 is 4.97.